The van der Waals surface area contributed by atoms with Crippen molar-refractivity contribution in [2.75, 3.05) is 6.79 Å². The zero-order chi connectivity index (χ0) is 22.2. The van der Waals surface area contributed by atoms with E-state index in [1.807, 2.05) is 19.1 Å². The molecular weight excluding hydrogens is 479 g/mol. The first-order valence-electron chi connectivity index (χ1n) is 9.97. The number of allylic oxidation sites excluding steroid dienone is 1. The van der Waals surface area contributed by atoms with Crippen LogP contribution in [0.3, 0.4) is 0 Å². The number of carbonyl (C=O) groups is 1. The van der Waals surface area contributed by atoms with Gasteiger partial charge in [0.2, 0.25) is 5.78 Å². The van der Waals surface area contributed by atoms with Gasteiger partial charge in [0, 0.05) is 21.2 Å². The summed E-state index contributed by atoms with van der Waals surface area (Å²) in [5, 5.41) is 0. The van der Waals surface area contributed by atoms with Crippen LogP contribution in [0.1, 0.15) is 32.6 Å². The van der Waals surface area contributed by atoms with E-state index in [4.69, 9.17) is 18.9 Å². The van der Waals surface area contributed by atoms with Crippen LogP contribution in [0.15, 0.2) is 58.8 Å². The molecule has 0 aliphatic carbocycles. The standard InChI is InChI=1S/C25H18BrFO5/c1-14-21(30-11-15-3-2-4-19(27)7-15)6-5-20-23(28)22(32-24(14)20)10-16-8-18(26)9-17-12-29-13-31-25(16)17/h2-10H,11-13H2,1H3/b22-10-. The number of Topliss-reactive ketones (excluding diaryl/α,β-unsaturated/α-hetero) is 1. The van der Waals surface area contributed by atoms with Gasteiger partial charge in [0.1, 0.15) is 29.7 Å². The number of ketones is 1. The molecule has 0 radical (unpaired) electrons. The number of hydrogen-bond donors (Lipinski definition) is 0. The molecule has 0 saturated heterocycles. The van der Waals surface area contributed by atoms with E-state index in [0.29, 0.717) is 40.5 Å². The van der Waals surface area contributed by atoms with E-state index < -0.39 is 0 Å². The second kappa shape index (κ2) is 8.41. The van der Waals surface area contributed by atoms with Crippen molar-refractivity contribution in [1.82, 2.24) is 0 Å². The minimum absolute atomic E-state index is 0.158. The number of carbonyl (C=O) groups excluding carboxylic acids is 1. The van der Waals surface area contributed by atoms with Gasteiger partial charge < -0.3 is 18.9 Å². The quantitative estimate of drug-likeness (QED) is 0.417. The van der Waals surface area contributed by atoms with Crippen LogP contribution in [0.5, 0.6) is 17.2 Å². The van der Waals surface area contributed by atoms with E-state index in [1.54, 1.807) is 30.3 Å². The minimum Gasteiger partial charge on any atom is -0.488 e. The third-order valence-electron chi connectivity index (χ3n) is 5.31. The number of halogens is 2. The normalized spacial score (nSPS) is 15.7. The van der Waals surface area contributed by atoms with Crippen LogP contribution in [0.2, 0.25) is 0 Å². The highest BCUT2D eigenvalue weighted by Gasteiger charge is 2.31. The van der Waals surface area contributed by atoms with E-state index >= 15 is 0 Å². The van der Waals surface area contributed by atoms with Crippen molar-refractivity contribution >= 4 is 27.8 Å². The number of rotatable bonds is 4. The SMILES string of the molecule is Cc1c(OCc2cccc(F)c2)ccc2c1O/C(=C\c1cc(Br)cc3c1OCOC3)C2=O. The van der Waals surface area contributed by atoms with Gasteiger partial charge in [0.15, 0.2) is 12.6 Å². The smallest absolute Gasteiger partial charge is 0.231 e. The Morgan fingerprint density at radius 3 is 2.88 bits per heavy atom. The Morgan fingerprint density at radius 1 is 1.16 bits per heavy atom. The average Bonchev–Trinajstić information content (AvgIpc) is 3.09. The predicted molar refractivity (Wildman–Crippen MR) is 119 cm³/mol. The first-order valence-corrected chi connectivity index (χ1v) is 10.8. The molecule has 2 heterocycles. The van der Waals surface area contributed by atoms with Crippen molar-refractivity contribution < 1.29 is 28.1 Å². The first kappa shape index (κ1) is 20.7. The molecule has 0 atom stereocenters. The number of fused-ring (bicyclic) bond motifs is 2. The van der Waals surface area contributed by atoms with E-state index in [9.17, 15) is 9.18 Å². The summed E-state index contributed by atoms with van der Waals surface area (Å²) in [4.78, 5) is 13.0. The lowest BCUT2D eigenvalue weighted by Crippen LogP contribution is -2.12. The van der Waals surface area contributed by atoms with Gasteiger partial charge in [-0.2, -0.15) is 0 Å². The lowest BCUT2D eigenvalue weighted by molar-refractivity contribution is -0.0165. The third kappa shape index (κ3) is 3.89. The Morgan fingerprint density at radius 2 is 2.03 bits per heavy atom. The molecule has 2 aliphatic rings. The van der Waals surface area contributed by atoms with Crippen LogP contribution in [0.25, 0.3) is 6.08 Å². The molecule has 32 heavy (non-hydrogen) atoms. The maximum Gasteiger partial charge on any atom is 0.231 e. The molecule has 0 fully saturated rings. The fourth-order valence-corrected chi connectivity index (χ4v) is 4.29. The molecule has 0 saturated carbocycles. The third-order valence-corrected chi connectivity index (χ3v) is 5.77. The van der Waals surface area contributed by atoms with Gasteiger partial charge in [-0.25, -0.2) is 4.39 Å². The monoisotopic (exact) mass is 496 g/mol. The van der Waals surface area contributed by atoms with Crippen molar-refractivity contribution in [2.45, 2.75) is 20.1 Å². The summed E-state index contributed by atoms with van der Waals surface area (Å²) >= 11 is 3.49. The van der Waals surface area contributed by atoms with Gasteiger partial charge >= 0.3 is 0 Å². The zero-order valence-corrected chi connectivity index (χ0v) is 18.7. The maximum atomic E-state index is 13.4. The highest BCUT2D eigenvalue weighted by atomic mass is 79.9. The van der Waals surface area contributed by atoms with Crippen molar-refractivity contribution in [3.05, 3.63) is 92.4 Å². The molecule has 3 aromatic carbocycles. The second-order valence-corrected chi connectivity index (χ2v) is 8.43. The van der Waals surface area contributed by atoms with Gasteiger partial charge in [-0.15, -0.1) is 0 Å². The van der Waals surface area contributed by atoms with Crippen LogP contribution < -0.4 is 14.2 Å². The Kier molecular flexibility index (Phi) is 5.45. The van der Waals surface area contributed by atoms with Gasteiger partial charge in [-0.3, -0.25) is 4.79 Å². The lowest BCUT2D eigenvalue weighted by Gasteiger charge is -2.20. The summed E-state index contributed by atoms with van der Waals surface area (Å²) in [6.45, 7) is 2.63. The van der Waals surface area contributed by atoms with Crippen molar-refractivity contribution in [2.24, 2.45) is 0 Å². The lowest BCUT2D eigenvalue weighted by atomic mass is 10.0. The molecule has 3 aromatic rings. The van der Waals surface area contributed by atoms with Crippen LogP contribution in [0.4, 0.5) is 4.39 Å². The highest BCUT2D eigenvalue weighted by molar-refractivity contribution is 9.10. The summed E-state index contributed by atoms with van der Waals surface area (Å²) < 4.78 is 37.1. The van der Waals surface area contributed by atoms with Gasteiger partial charge in [-0.05, 0) is 55.0 Å². The topological polar surface area (TPSA) is 54.0 Å². The second-order valence-electron chi connectivity index (χ2n) is 7.52. The summed E-state index contributed by atoms with van der Waals surface area (Å²) in [6.07, 6.45) is 1.68. The number of hydrogen-bond acceptors (Lipinski definition) is 5. The molecule has 0 bridgehead atoms. The van der Waals surface area contributed by atoms with Gasteiger partial charge in [0.25, 0.3) is 0 Å². The van der Waals surface area contributed by atoms with E-state index in [1.165, 1.54) is 12.1 Å². The molecule has 2 aliphatic heterocycles. The summed E-state index contributed by atoms with van der Waals surface area (Å²) in [5.74, 6) is 1.40. The summed E-state index contributed by atoms with van der Waals surface area (Å²) in [7, 11) is 0. The fourth-order valence-electron chi connectivity index (χ4n) is 3.77. The van der Waals surface area contributed by atoms with Crippen molar-refractivity contribution in [3.63, 3.8) is 0 Å². The van der Waals surface area contributed by atoms with Crippen LogP contribution in [-0.2, 0) is 18.0 Å². The van der Waals surface area contributed by atoms with E-state index in [2.05, 4.69) is 15.9 Å². The zero-order valence-electron chi connectivity index (χ0n) is 17.1. The highest BCUT2D eigenvalue weighted by Crippen LogP contribution is 2.41. The van der Waals surface area contributed by atoms with Gasteiger partial charge in [-0.1, -0.05) is 28.1 Å². The summed E-state index contributed by atoms with van der Waals surface area (Å²) in [6, 6.07) is 13.5. The van der Waals surface area contributed by atoms with E-state index in [-0.39, 0.29) is 30.8 Å². The molecule has 162 valence electrons. The molecule has 0 unspecified atom stereocenters. The maximum absolute atomic E-state index is 13.4. The Balaban J connectivity index is 1.43. The van der Waals surface area contributed by atoms with Gasteiger partial charge in [0.05, 0.1) is 12.2 Å². The molecule has 7 heteroatoms. The van der Waals surface area contributed by atoms with Crippen LogP contribution >= 0.6 is 15.9 Å². The Labute approximate surface area is 192 Å². The molecule has 0 spiro atoms. The Bertz CT molecular complexity index is 1270. The average molecular weight is 497 g/mol. The molecule has 5 nitrogen and oxygen atoms in total. The molecule has 0 amide bonds. The molecule has 0 N–H and O–H groups in total. The van der Waals surface area contributed by atoms with Crippen LogP contribution in [-0.4, -0.2) is 12.6 Å². The predicted octanol–water partition coefficient (Wildman–Crippen LogP) is 5.96. The van der Waals surface area contributed by atoms with E-state index in [0.717, 1.165) is 15.6 Å². The largest absolute Gasteiger partial charge is 0.488 e. The number of ether oxygens (including phenoxy) is 4. The first-order chi connectivity index (χ1) is 15.5. The minimum atomic E-state index is -0.314. The fraction of sp³-hybridized carbons (Fsp3) is 0.160. The number of benzene rings is 3. The Hall–Kier alpha value is -3.16. The van der Waals surface area contributed by atoms with Crippen molar-refractivity contribution in [3.8, 4) is 17.2 Å². The molecular formula is C25H18BrFO5. The van der Waals surface area contributed by atoms with Crippen LogP contribution in [0, 0.1) is 12.7 Å². The summed E-state index contributed by atoms with van der Waals surface area (Å²) in [5.41, 5.74) is 3.51. The molecule has 5 rings (SSSR count). The van der Waals surface area contributed by atoms with Crippen molar-refractivity contribution in [1.29, 1.82) is 0 Å². The molecule has 0 aromatic heterocycles.